The highest BCUT2D eigenvalue weighted by atomic mass is 35.5. The number of morpholine rings is 1. The van der Waals surface area contributed by atoms with Gasteiger partial charge >= 0.3 is 0 Å². The van der Waals surface area contributed by atoms with Gasteiger partial charge < -0.3 is 15.0 Å². The van der Waals surface area contributed by atoms with Crippen molar-refractivity contribution in [3.05, 3.63) is 52.8 Å². The molecule has 1 aliphatic heterocycles. The lowest BCUT2D eigenvalue weighted by molar-refractivity contribution is 0.0302. The molecule has 1 fully saturated rings. The standard InChI is InChI=1S/C17H18ClN3O2/c1-12-2-3-14(18)9-16(12)20-15-8-13(10-19-11-15)17(22)21-4-6-23-7-5-21/h2-3,8-11,20H,4-7H2,1H3. The maximum atomic E-state index is 12.5. The predicted molar refractivity (Wildman–Crippen MR) is 90.4 cm³/mol. The number of aromatic nitrogens is 1. The van der Waals surface area contributed by atoms with Gasteiger partial charge in [0.15, 0.2) is 0 Å². The van der Waals surface area contributed by atoms with Gasteiger partial charge in [-0.2, -0.15) is 0 Å². The number of benzene rings is 1. The fourth-order valence-electron chi connectivity index (χ4n) is 2.46. The monoisotopic (exact) mass is 331 g/mol. The SMILES string of the molecule is Cc1ccc(Cl)cc1Nc1cncc(C(=O)N2CCOCC2)c1. The van der Waals surface area contributed by atoms with Crippen LogP contribution in [0.25, 0.3) is 0 Å². The van der Waals surface area contributed by atoms with Crippen LogP contribution < -0.4 is 5.32 Å². The summed E-state index contributed by atoms with van der Waals surface area (Å²) in [5.74, 6) is -0.0210. The molecule has 0 unspecified atom stereocenters. The molecule has 6 heteroatoms. The van der Waals surface area contributed by atoms with Crippen LogP contribution in [0.4, 0.5) is 11.4 Å². The van der Waals surface area contributed by atoms with Gasteiger partial charge in [-0.05, 0) is 30.7 Å². The number of rotatable bonds is 3. The Balaban J connectivity index is 1.79. The first kappa shape index (κ1) is 15.8. The van der Waals surface area contributed by atoms with Crippen molar-refractivity contribution in [3.8, 4) is 0 Å². The molecule has 2 aromatic rings. The molecule has 2 heterocycles. The number of carbonyl (C=O) groups is 1. The number of ether oxygens (including phenoxy) is 1. The van der Waals surface area contributed by atoms with Crippen molar-refractivity contribution in [2.24, 2.45) is 0 Å². The van der Waals surface area contributed by atoms with Gasteiger partial charge in [0.25, 0.3) is 5.91 Å². The van der Waals surface area contributed by atoms with Crippen LogP contribution in [0.1, 0.15) is 15.9 Å². The van der Waals surface area contributed by atoms with E-state index in [2.05, 4.69) is 10.3 Å². The van der Waals surface area contributed by atoms with Crippen molar-refractivity contribution < 1.29 is 9.53 Å². The van der Waals surface area contributed by atoms with Crippen LogP contribution in [0.5, 0.6) is 0 Å². The Kier molecular flexibility index (Phi) is 4.79. The van der Waals surface area contributed by atoms with Gasteiger partial charge in [-0.25, -0.2) is 0 Å². The molecule has 0 atom stereocenters. The van der Waals surface area contributed by atoms with E-state index < -0.39 is 0 Å². The molecule has 1 aliphatic rings. The Morgan fingerprint density at radius 1 is 1.26 bits per heavy atom. The molecule has 1 amide bonds. The van der Waals surface area contributed by atoms with Gasteiger partial charge in [0.2, 0.25) is 0 Å². The molecular weight excluding hydrogens is 314 g/mol. The van der Waals surface area contributed by atoms with E-state index in [1.165, 1.54) is 0 Å². The van der Waals surface area contributed by atoms with Gasteiger partial charge in [0, 0.05) is 30.0 Å². The Hall–Kier alpha value is -2.11. The lowest BCUT2D eigenvalue weighted by Crippen LogP contribution is -2.40. The van der Waals surface area contributed by atoms with E-state index in [-0.39, 0.29) is 5.91 Å². The van der Waals surface area contributed by atoms with E-state index >= 15 is 0 Å². The largest absolute Gasteiger partial charge is 0.378 e. The lowest BCUT2D eigenvalue weighted by Gasteiger charge is -2.26. The second-order valence-electron chi connectivity index (χ2n) is 5.45. The van der Waals surface area contributed by atoms with Crippen LogP contribution in [-0.2, 0) is 4.74 Å². The molecule has 23 heavy (non-hydrogen) atoms. The Morgan fingerprint density at radius 3 is 2.83 bits per heavy atom. The number of halogens is 1. The summed E-state index contributed by atoms with van der Waals surface area (Å²) in [6.07, 6.45) is 3.28. The van der Waals surface area contributed by atoms with Gasteiger partial charge in [-0.3, -0.25) is 9.78 Å². The first-order valence-corrected chi connectivity index (χ1v) is 7.86. The molecule has 0 saturated carbocycles. The average molecular weight is 332 g/mol. The zero-order valence-corrected chi connectivity index (χ0v) is 13.6. The number of hydrogen-bond donors (Lipinski definition) is 1. The molecule has 1 saturated heterocycles. The molecule has 0 spiro atoms. The number of pyridine rings is 1. The molecule has 120 valence electrons. The van der Waals surface area contributed by atoms with E-state index in [1.807, 2.05) is 31.2 Å². The number of anilines is 2. The summed E-state index contributed by atoms with van der Waals surface area (Å²) < 4.78 is 5.28. The predicted octanol–water partition coefficient (Wildman–Crippen LogP) is 3.26. The minimum atomic E-state index is -0.0210. The molecule has 3 rings (SSSR count). The maximum absolute atomic E-state index is 12.5. The Morgan fingerprint density at radius 2 is 2.04 bits per heavy atom. The van der Waals surface area contributed by atoms with Gasteiger partial charge in [0.1, 0.15) is 0 Å². The van der Waals surface area contributed by atoms with Crippen LogP contribution in [0, 0.1) is 6.92 Å². The number of nitrogens with zero attached hydrogens (tertiary/aromatic N) is 2. The quantitative estimate of drug-likeness (QED) is 0.938. The molecule has 0 aliphatic carbocycles. The molecule has 1 aromatic heterocycles. The summed E-state index contributed by atoms with van der Waals surface area (Å²) >= 11 is 6.04. The highest BCUT2D eigenvalue weighted by Crippen LogP contribution is 2.24. The highest BCUT2D eigenvalue weighted by Gasteiger charge is 2.19. The van der Waals surface area contributed by atoms with E-state index in [9.17, 15) is 4.79 Å². The third kappa shape index (κ3) is 3.81. The van der Waals surface area contributed by atoms with Crippen molar-refractivity contribution in [2.75, 3.05) is 31.6 Å². The zero-order chi connectivity index (χ0) is 16.2. The zero-order valence-electron chi connectivity index (χ0n) is 12.9. The Bertz CT molecular complexity index is 715. The van der Waals surface area contributed by atoms with Crippen LogP contribution >= 0.6 is 11.6 Å². The topological polar surface area (TPSA) is 54.5 Å². The van der Waals surface area contributed by atoms with Crippen LogP contribution in [-0.4, -0.2) is 42.1 Å². The molecule has 0 bridgehead atoms. The van der Waals surface area contributed by atoms with Crippen molar-refractivity contribution >= 4 is 28.9 Å². The molecule has 0 radical (unpaired) electrons. The number of amides is 1. The summed E-state index contributed by atoms with van der Waals surface area (Å²) in [6, 6.07) is 7.46. The van der Waals surface area contributed by atoms with Crippen molar-refractivity contribution in [3.63, 3.8) is 0 Å². The van der Waals surface area contributed by atoms with Crippen molar-refractivity contribution in [1.29, 1.82) is 0 Å². The Labute approximate surface area is 140 Å². The minimum absolute atomic E-state index is 0.0210. The van der Waals surface area contributed by atoms with Crippen molar-refractivity contribution in [1.82, 2.24) is 9.88 Å². The summed E-state index contributed by atoms with van der Waals surface area (Å²) in [4.78, 5) is 18.5. The van der Waals surface area contributed by atoms with Gasteiger partial charge in [-0.1, -0.05) is 17.7 Å². The number of carbonyl (C=O) groups excluding carboxylic acids is 1. The maximum Gasteiger partial charge on any atom is 0.255 e. The van der Waals surface area contributed by atoms with E-state index in [4.69, 9.17) is 16.3 Å². The lowest BCUT2D eigenvalue weighted by atomic mass is 10.2. The normalized spacial score (nSPS) is 14.6. The number of aryl methyl sites for hydroxylation is 1. The molecule has 1 aromatic carbocycles. The summed E-state index contributed by atoms with van der Waals surface area (Å²) in [6.45, 7) is 4.39. The molecule has 1 N–H and O–H groups in total. The van der Waals surface area contributed by atoms with Crippen molar-refractivity contribution in [2.45, 2.75) is 6.92 Å². The summed E-state index contributed by atoms with van der Waals surface area (Å²) in [7, 11) is 0. The number of hydrogen-bond acceptors (Lipinski definition) is 4. The van der Waals surface area contributed by atoms with E-state index in [0.29, 0.717) is 36.9 Å². The van der Waals surface area contributed by atoms with Gasteiger partial charge in [-0.15, -0.1) is 0 Å². The molecule has 5 nitrogen and oxygen atoms in total. The van der Waals surface area contributed by atoms with Crippen LogP contribution in [0.15, 0.2) is 36.7 Å². The third-order valence-corrected chi connectivity index (χ3v) is 4.00. The molecular formula is C17H18ClN3O2. The third-order valence-electron chi connectivity index (χ3n) is 3.76. The van der Waals surface area contributed by atoms with E-state index in [0.717, 1.165) is 16.9 Å². The number of nitrogens with one attached hydrogen (secondary N) is 1. The first-order valence-electron chi connectivity index (χ1n) is 7.49. The minimum Gasteiger partial charge on any atom is -0.378 e. The fourth-order valence-corrected chi connectivity index (χ4v) is 2.63. The van der Waals surface area contributed by atoms with Gasteiger partial charge in [0.05, 0.1) is 30.7 Å². The van der Waals surface area contributed by atoms with E-state index in [1.54, 1.807) is 17.3 Å². The van der Waals surface area contributed by atoms with Crippen LogP contribution in [0.3, 0.4) is 0 Å². The second kappa shape index (κ2) is 6.98. The fraction of sp³-hybridized carbons (Fsp3) is 0.294. The summed E-state index contributed by atoms with van der Waals surface area (Å²) in [5.41, 5.74) is 3.29. The highest BCUT2D eigenvalue weighted by molar-refractivity contribution is 6.30. The summed E-state index contributed by atoms with van der Waals surface area (Å²) in [5, 5.41) is 3.93. The smallest absolute Gasteiger partial charge is 0.255 e. The van der Waals surface area contributed by atoms with Crippen LogP contribution in [0.2, 0.25) is 5.02 Å². The second-order valence-corrected chi connectivity index (χ2v) is 5.89. The first-order chi connectivity index (χ1) is 11.1. The average Bonchev–Trinajstić information content (AvgIpc) is 2.58.